The molecule has 2 aliphatic rings. The maximum Gasteiger partial charge on any atom is 0.271 e. The summed E-state index contributed by atoms with van der Waals surface area (Å²) in [4.78, 5) is 37.1. The number of carbonyl (C=O) groups excluding carboxylic acids is 2. The Kier molecular flexibility index (Phi) is 5.11. The van der Waals surface area contributed by atoms with E-state index in [1.807, 2.05) is 0 Å². The number of anilines is 1. The second-order valence-electron chi connectivity index (χ2n) is 7.52. The van der Waals surface area contributed by atoms with Crippen LogP contribution in [-0.2, 0) is 15.1 Å². The van der Waals surface area contributed by atoms with Crippen molar-refractivity contribution in [1.29, 1.82) is 0 Å². The maximum atomic E-state index is 13.4. The fourth-order valence-corrected chi connectivity index (χ4v) is 4.16. The van der Waals surface area contributed by atoms with Crippen molar-refractivity contribution < 1.29 is 23.6 Å². The highest BCUT2D eigenvalue weighted by molar-refractivity contribution is 6.02. The molecule has 0 atom stereocenters. The van der Waals surface area contributed by atoms with Gasteiger partial charge in [0.15, 0.2) is 6.61 Å². The van der Waals surface area contributed by atoms with Crippen molar-refractivity contribution in [3.05, 3.63) is 64.0 Å². The molecule has 1 heterocycles. The molecule has 0 saturated heterocycles. The van der Waals surface area contributed by atoms with Crippen LogP contribution in [0.15, 0.2) is 42.5 Å². The van der Waals surface area contributed by atoms with Crippen LogP contribution in [-0.4, -0.2) is 29.9 Å². The summed E-state index contributed by atoms with van der Waals surface area (Å²) in [6, 6.07) is 9.99. The highest BCUT2D eigenvalue weighted by atomic mass is 19.1. The molecular formula is C21H20FN3O5. The van der Waals surface area contributed by atoms with E-state index in [-0.39, 0.29) is 30.3 Å². The van der Waals surface area contributed by atoms with Crippen molar-refractivity contribution in [2.45, 2.75) is 31.2 Å². The molecule has 30 heavy (non-hydrogen) atoms. The Balaban J connectivity index is 1.57. The van der Waals surface area contributed by atoms with Crippen LogP contribution in [0.1, 0.15) is 31.2 Å². The van der Waals surface area contributed by atoms with Crippen LogP contribution in [0.2, 0.25) is 0 Å². The molecule has 9 heteroatoms. The topological polar surface area (TPSA) is 102 Å². The van der Waals surface area contributed by atoms with E-state index in [1.54, 1.807) is 12.1 Å². The molecule has 0 spiro atoms. The number of nitrogens with one attached hydrogen (secondary N) is 1. The van der Waals surface area contributed by atoms with Gasteiger partial charge in [-0.15, -0.1) is 0 Å². The minimum atomic E-state index is -0.619. The summed E-state index contributed by atoms with van der Waals surface area (Å²) in [6.45, 7) is -0.541. The number of non-ortho nitro benzene ring substituents is 1. The average Bonchev–Trinajstić information content (AvgIpc) is 3.19. The third-order valence-corrected chi connectivity index (χ3v) is 5.63. The van der Waals surface area contributed by atoms with Crippen LogP contribution in [0.25, 0.3) is 0 Å². The lowest BCUT2D eigenvalue weighted by Gasteiger charge is -2.33. The van der Waals surface area contributed by atoms with Gasteiger partial charge in [-0.25, -0.2) is 4.39 Å². The minimum Gasteiger partial charge on any atom is -0.482 e. The van der Waals surface area contributed by atoms with Gasteiger partial charge in [-0.1, -0.05) is 25.0 Å². The van der Waals surface area contributed by atoms with Crippen molar-refractivity contribution in [1.82, 2.24) is 5.32 Å². The standard InChI is InChI=1S/C21H20FN3O5/c22-15-5-3-14(4-6-15)21(9-1-2-10-21)23-19(26)12-24-17-11-16(25(28)29)7-8-18(17)30-13-20(24)27/h3-8,11H,1-2,9-10,12-13H2,(H,23,26). The highest BCUT2D eigenvalue weighted by Crippen LogP contribution is 2.39. The summed E-state index contributed by atoms with van der Waals surface area (Å²) >= 11 is 0. The Morgan fingerprint density at radius 1 is 1.20 bits per heavy atom. The van der Waals surface area contributed by atoms with Crippen LogP contribution in [0.4, 0.5) is 15.8 Å². The lowest BCUT2D eigenvalue weighted by molar-refractivity contribution is -0.384. The van der Waals surface area contributed by atoms with Gasteiger partial charge in [0.25, 0.3) is 11.6 Å². The zero-order chi connectivity index (χ0) is 21.3. The lowest BCUT2D eigenvalue weighted by Crippen LogP contribution is -2.50. The van der Waals surface area contributed by atoms with E-state index in [9.17, 15) is 24.1 Å². The molecule has 2 amide bonds. The van der Waals surface area contributed by atoms with Gasteiger partial charge < -0.3 is 10.1 Å². The monoisotopic (exact) mass is 413 g/mol. The van der Waals surface area contributed by atoms with E-state index in [0.717, 1.165) is 18.4 Å². The quantitative estimate of drug-likeness (QED) is 0.600. The van der Waals surface area contributed by atoms with E-state index < -0.39 is 22.3 Å². The van der Waals surface area contributed by atoms with Crippen molar-refractivity contribution in [2.24, 2.45) is 0 Å². The SMILES string of the molecule is O=C(CN1C(=O)COc2ccc([N+](=O)[O-])cc21)NC1(c2ccc(F)cc2)CCCC1. The van der Waals surface area contributed by atoms with Crippen molar-refractivity contribution in [3.8, 4) is 5.75 Å². The molecule has 8 nitrogen and oxygen atoms in total. The molecule has 156 valence electrons. The number of hydrogen-bond donors (Lipinski definition) is 1. The van der Waals surface area contributed by atoms with Crippen molar-refractivity contribution in [2.75, 3.05) is 18.1 Å². The predicted molar refractivity (Wildman–Crippen MR) is 106 cm³/mol. The van der Waals surface area contributed by atoms with Gasteiger partial charge in [-0.2, -0.15) is 0 Å². The third kappa shape index (κ3) is 3.70. The summed E-state index contributed by atoms with van der Waals surface area (Å²) in [5, 5.41) is 14.1. The number of nitro groups is 1. The first-order valence-electron chi connectivity index (χ1n) is 9.67. The third-order valence-electron chi connectivity index (χ3n) is 5.63. The molecule has 1 saturated carbocycles. The fourth-order valence-electron chi connectivity index (χ4n) is 4.16. The summed E-state index contributed by atoms with van der Waals surface area (Å²) in [5.41, 5.74) is 0.194. The molecule has 4 rings (SSSR count). The molecule has 0 unspecified atom stereocenters. The number of fused-ring (bicyclic) bond motifs is 1. The molecule has 0 aromatic heterocycles. The predicted octanol–water partition coefficient (Wildman–Crippen LogP) is 3.05. The van der Waals surface area contributed by atoms with Crippen LogP contribution < -0.4 is 15.0 Å². The Bertz CT molecular complexity index is 1000. The van der Waals surface area contributed by atoms with E-state index in [0.29, 0.717) is 18.6 Å². The number of halogens is 1. The Labute approximate surface area is 171 Å². The number of nitro benzene ring substituents is 1. The molecular weight excluding hydrogens is 393 g/mol. The first kappa shape index (κ1) is 19.8. The number of hydrogen-bond acceptors (Lipinski definition) is 5. The Morgan fingerprint density at radius 2 is 1.90 bits per heavy atom. The van der Waals surface area contributed by atoms with Crippen LogP contribution in [0.3, 0.4) is 0 Å². The molecule has 1 N–H and O–H groups in total. The van der Waals surface area contributed by atoms with Crippen molar-refractivity contribution in [3.63, 3.8) is 0 Å². The van der Waals surface area contributed by atoms with Crippen LogP contribution >= 0.6 is 0 Å². The van der Waals surface area contributed by atoms with E-state index in [2.05, 4.69) is 5.32 Å². The van der Waals surface area contributed by atoms with Gasteiger partial charge in [0.05, 0.1) is 16.1 Å². The molecule has 1 aliphatic heterocycles. The normalized spacial score (nSPS) is 17.2. The lowest BCUT2D eigenvalue weighted by atomic mass is 9.88. The minimum absolute atomic E-state index is 0.192. The zero-order valence-corrected chi connectivity index (χ0v) is 16.1. The first-order chi connectivity index (χ1) is 14.4. The highest BCUT2D eigenvalue weighted by Gasteiger charge is 2.38. The summed E-state index contributed by atoms with van der Waals surface area (Å²) in [7, 11) is 0. The summed E-state index contributed by atoms with van der Waals surface area (Å²) in [5.74, 6) is -0.896. The number of ether oxygens (including phenoxy) is 1. The molecule has 2 aromatic rings. The summed E-state index contributed by atoms with van der Waals surface area (Å²) in [6.07, 6.45) is 3.26. The van der Waals surface area contributed by atoms with Gasteiger partial charge in [-0.05, 0) is 36.6 Å². The Morgan fingerprint density at radius 3 is 2.57 bits per heavy atom. The number of amides is 2. The van der Waals surface area contributed by atoms with E-state index in [1.165, 1.54) is 35.2 Å². The van der Waals surface area contributed by atoms with Gasteiger partial charge in [-0.3, -0.25) is 24.6 Å². The molecule has 1 aliphatic carbocycles. The molecule has 2 aromatic carbocycles. The number of rotatable bonds is 5. The van der Waals surface area contributed by atoms with Gasteiger partial charge >= 0.3 is 0 Å². The van der Waals surface area contributed by atoms with Gasteiger partial charge in [0.2, 0.25) is 5.91 Å². The second kappa shape index (κ2) is 7.74. The van der Waals surface area contributed by atoms with Crippen LogP contribution in [0.5, 0.6) is 5.75 Å². The summed E-state index contributed by atoms with van der Waals surface area (Å²) < 4.78 is 18.7. The molecule has 0 radical (unpaired) electrons. The number of nitrogens with zero attached hydrogens (tertiary/aromatic N) is 2. The fraction of sp³-hybridized carbons (Fsp3) is 0.333. The van der Waals surface area contributed by atoms with E-state index in [4.69, 9.17) is 4.74 Å². The molecule has 1 fully saturated rings. The van der Waals surface area contributed by atoms with Gasteiger partial charge in [0, 0.05) is 12.1 Å². The van der Waals surface area contributed by atoms with Gasteiger partial charge in [0.1, 0.15) is 18.1 Å². The Hall–Kier alpha value is -3.49. The number of carbonyl (C=O) groups is 2. The average molecular weight is 413 g/mol. The number of benzene rings is 2. The van der Waals surface area contributed by atoms with Crippen LogP contribution in [0, 0.1) is 15.9 Å². The molecule has 0 bridgehead atoms. The van der Waals surface area contributed by atoms with Crippen molar-refractivity contribution >= 4 is 23.2 Å². The smallest absolute Gasteiger partial charge is 0.271 e. The maximum absolute atomic E-state index is 13.4. The second-order valence-corrected chi connectivity index (χ2v) is 7.52. The first-order valence-corrected chi connectivity index (χ1v) is 9.67. The van der Waals surface area contributed by atoms with E-state index >= 15 is 0 Å². The zero-order valence-electron chi connectivity index (χ0n) is 16.1. The largest absolute Gasteiger partial charge is 0.482 e.